The molecule has 0 saturated carbocycles. The van der Waals surface area contributed by atoms with Gasteiger partial charge < -0.3 is 9.88 Å². The highest BCUT2D eigenvalue weighted by Gasteiger charge is 2.12. The number of para-hydroxylation sites is 2. The Morgan fingerprint density at radius 2 is 1.63 bits per heavy atom. The lowest BCUT2D eigenvalue weighted by atomic mass is 10.2. The average Bonchev–Trinajstić information content (AvgIpc) is 3.05. The first-order chi connectivity index (χ1) is 13.2. The Morgan fingerprint density at radius 1 is 0.926 bits per heavy atom. The first kappa shape index (κ1) is 17.5. The summed E-state index contributed by atoms with van der Waals surface area (Å²) in [6.07, 6.45) is 0. The highest BCUT2D eigenvalue weighted by Crippen LogP contribution is 2.18. The third-order valence-electron chi connectivity index (χ3n) is 4.43. The van der Waals surface area contributed by atoms with E-state index in [1.165, 1.54) is 5.56 Å². The normalized spacial score (nSPS) is 10.9. The molecule has 1 heterocycles. The van der Waals surface area contributed by atoms with E-state index in [1.54, 1.807) is 12.1 Å². The van der Waals surface area contributed by atoms with Gasteiger partial charge in [-0.1, -0.05) is 58.4 Å². The van der Waals surface area contributed by atoms with Crippen molar-refractivity contribution in [1.29, 1.82) is 0 Å². The molecule has 0 aliphatic carbocycles. The van der Waals surface area contributed by atoms with Crippen LogP contribution in [-0.4, -0.2) is 15.5 Å². The maximum atomic E-state index is 12.5. The number of fused-ring (bicyclic) bond motifs is 1. The van der Waals surface area contributed by atoms with Crippen LogP contribution in [0.5, 0.6) is 0 Å². The Bertz CT molecular complexity index is 1070. The topological polar surface area (TPSA) is 46.9 Å². The van der Waals surface area contributed by atoms with E-state index in [1.807, 2.05) is 48.5 Å². The van der Waals surface area contributed by atoms with E-state index in [2.05, 4.69) is 44.0 Å². The molecule has 3 aromatic carbocycles. The summed E-state index contributed by atoms with van der Waals surface area (Å²) in [5, 5.41) is 2.98. The lowest BCUT2D eigenvalue weighted by Crippen LogP contribution is -2.24. The molecule has 4 rings (SSSR count). The van der Waals surface area contributed by atoms with E-state index in [9.17, 15) is 4.79 Å². The lowest BCUT2D eigenvalue weighted by Gasteiger charge is -2.10. The summed E-state index contributed by atoms with van der Waals surface area (Å²) >= 11 is 3.39. The van der Waals surface area contributed by atoms with Gasteiger partial charge in [0, 0.05) is 16.6 Å². The van der Waals surface area contributed by atoms with Crippen molar-refractivity contribution >= 4 is 32.9 Å². The predicted octanol–water partition coefficient (Wildman–Crippen LogP) is 4.78. The van der Waals surface area contributed by atoms with E-state index in [0.29, 0.717) is 18.7 Å². The first-order valence-electron chi connectivity index (χ1n) is 8.72. The number of amides is 1. The number of imidazole rings is 1. The Morgan fingerprint density at radius 3 is 2.41 bits per heavy atom. The van der Waals surface area contributed by atoms with Crippen molar-refractivity contribution in [3.05, 3.63) is 100 Å². The second-order valence-electron chi connectivity index (χ2n) is 6.28. The molecule has 4 nitrogen and oxygen atoms in total. The van der Waals surface area contributed by atoms with E-state index >= 15 is 0 Å². The highest BCUT2D eigenvalue weighted by atomic mass is 79.9. The van der Waals surface area contributed by atoms with Gasteiger partial charge in [0.2, 0.25) is 0 Å². The van der Waals surface area contributed by atoms with Crippen molar-refractivity contribution in [3.63, 3.8) is 0 Å². The van der Waals surface area contributed by atoms with Gasteiger partial charge in [-0.05, 0) is 42.0 Å². The number of carbonyl (C=O) groups is 1. The van der Waals surface area contributed by atoms with E-state index in [4.69, 9.17) is 4.98 Å². The number of carbonyl (C=O) groups excluding carboxylic acids is 1. The minimum Gasteiger partial charge on any atom is -0.345 e. The molecule has 0 radical (unpaired) electrons. The second kappa shape index (κ2) is 7.76. The number of nitrogens with zero attached hydrogens (tertiary/aromatic N) is 2. The SMILES string of the molecule is O=C(NCc1nc2ccccc2n1Cc1ccccc1)c1ccc(Br)cc1. The van der Waals surface area contributed by atoms with Crippen molar-refractivity contribution in [2.24, 2.45) is 0 Å². The van der Waals surface area contributed by atoms with Crippen molar-refractivity contribution < 1.29 is 4.79 Å². The number of hydrogen-bond donors (Lipinski definition) is 1. The number of hydrogen-bond acceptors (Lipinski definition) is 2. The van der Waals surface area contributed by atoms with Gasteiger partial charge in [-0.15, -0.1) is 0 Å². The molecule has 0 atom stereocenters. The lowest BCUT2D eigenvalue weighted by molar-refractivity contribution is 0.0949. The molecule has 134 valence electrons. The van der Waals surface area contributed by atoms with Gasteiger partial charge in [-0.3, -0.25) is 4.79 Å². The standard InChI is InChI=1S/C22H18BrN3O/c23-18-12-10-17(11-13-18)22(27)24-14-21-25-19-8-4-5-9-20(19)26(21)15-16-6-2-1-3-7-16/h1-13H,14-15H2,(H,24,27). The molecule has 27 heavy (non-hydrogen) atoms. The van der Waals surface area contributed by atoms with Crippen LogP contribution < -0.4 is 5.32 Å². The molecule has 0 aliphatic heterocycles. The summed E-state index contributed by atoms with van der Waals surface area (Å²) in [7, 11) is 0. The number of aromatic nitrogens is 2. The minimum absolute atomic E-state index is 0.110. The van der Waals surface area contributed by atoms with Gasteiger partial charge in [0.15, 0.2) is 0 Å². The average molecular weight is 420 g/mol. The zero-order valence-corrected chi connectivity index (χ0v) is 16.2. The van der Waals surface area contributed by atoms with E-state index in [-0.39, 0.29) is 5.91 Å². The van der Waals surface area contributed by atoms with Crippen LogP contribution in [0.15, 0.2) is 83.3 Å². The minimum atomic E-state index is -0.110. The van der Waals surface area contributed by atoms with Crippen LogP contribution >= 0.6 is 15.9 Å². The van der Waals surface area contributed by atoms with Crippen LogP contribution in [0.3, 0.4) is 0 Å². The maximum Gasteiger partial charge on any atom is 0.251 e. The van der Waals surface area contributed by atoms with Gasteiger partial charge in [0.1, 0.15) is 5.82 Å². The van der Waals surface area contributed by atoms with Gasteiger partial charge in [-0.25, -0.2) is 4.98 Å². The summed E-state index contributed by atoms with van der Waals surface area (Å²) in [4.78, 5) is 17.2. The summed E-state index contributed by atoms with van der Waals surface area (Å²) in [6.45, 7) is 1.08. The molecule has 0 spiro atoms. The van der Waals surface area contributed by atoms with Crippen molar-refractivity contribution in [1.82, 2.24) is 14.9 Å². The molecule has 0 unspecified atom stereocenters. The van der Waals surface area contributed by atoms with Crippen molar-refractivity contribution in [2.75, 3.05) is 0 Å². The van der Waals surface area contributed by atoms with Gasteiger partial charge in [-0.2, -0.15) is 0 Å². The van der Waals surface area contributed by atoms with Crippen LogP contribution in [0.25, 0.3) is 11.0 Å². The molecule has 0 bridgehead atoms. The van der Waals surface area contributed by atoms with Crippen LogP contribution in [0.4, 0.5) is 0 Å². The first-order valence-corrected chi connectivity index (χ1v) is 9.52. The molecule has 5 heteroatoms. The fourth-order valence-corrected chi connectivity index (χ4v) is 3.33. The van der Waals surface area contributed by atoms with E-state index < -0.39 is 0 Å². The molecule has 1 aromatic heterocycles. The zero-order valence-electron chi connectivity index (χ0n) is 14.6. The Kier molecular flexibility index (Phi) is 5.03. The number of rotatable bonds is 5. The quantitative estimate of drug-likeness (QED) is 0.505. The predicted molar refractivity (Wildman–Crippen MR) is 111 cm³/mol. The molecular weight excluding hydrogens is 402 g/mol. The van der Waals surface area contributed by atoms with Crippen LogP contribution in [0, 0.1) is 0 Å². The Labute approximate surface area is 166 Å². The second-order valence-corrected chi connectivity index (χ2v) is 7.19. The number of benzene rings is 3. The summed E-state index contributed by atoms with van der Waals surface area (Å²) < 4.78 is 3.11. The monoisotopic (exact) mass is 419 g/mol. The molecule has 1 N–H and O–H groups in total. The number of halogens is 1. The molecule has 0 aliphatic rings. The van der Waals surface area contributed by atoms with Crippen molar-refractivity contribution in [3.8, 4) is 0 Å². The fourth-order valence-electron chi connectivity index (χ4n) is 3.07. The highest BCUT2D eigenvalue weighted by molar-refractivity contribution is 9.10. The molecule has 0 saturated heterocycles. The zero-order chi connectivity index (χ0) is 18.6. The van der Waals surface area contributed by atoms with Crippen LogP contribution in [-0.2, 0) is 13.1 Å². The van der Waals surface area contributed by atoms with Crippen LogP contribution in [0.1, 0.15) is 21.7 Å². The summed E-state index contributed by atoms with van der Waals surface area (Å²) in [5.74, 6) is 0.728. The van der Waals surface area contributed by atoms with Gasteiger partial charge >= 0.3 is 0 Å². The third-order valence-corrected chi connectivity index (χ3v) is 4.96. The molecule has 0 fully saturated rings. The molecule has 4 aromatic rings. The number of nitrogens with one attached hydrogen (secondary N) is 1. The molecular formula is C22H18BrN3O. The van der Waals surface area contributed by atoms with Crippen molar-refractivity contribution in [2.45, 2.75) is 13.1 Å². The van der Waals surface area contributed by atoms with E-state index in [0.717, 1.165) is 21.3 Å². The smallest absolute Gasteiger partial charge is 0.251 e. The fraction of sp³-hybridized carbons (Fsp3) is 0.0909. The maximum absolute atomic E-state index is 12.5. The Hall–Kier alpha value is -2.92. The third kappa shape index (κ3) is 3.93. The summed E-state index contributed by atoms with van der Waals surface area (Å²) in [6, 6.07) is 25.6. The Balaban J connectivity index is 1.60. The van der Waals surface area contributed by atoms with Crippen LogP contribution in [0.2, 0.25) is 0 Å². The van der Waals surface area contributed by atoms with Gasteiger partial charge in [0.05, 0.1) is 17.6 Å². The molecule has 1 amide bonds. The summed E-state index contributed by atoms with van der Waals surface area (Å²) in [5.41, 5.74) is 3.82. The largest absolute Gasteiger partial charge is 0.345 e. The van der Waals surface area contributed by atoms with Gasteiger partial charge in [0.25, 0.3) is 5.91 Å².